The van der Waals surface area contributed by atoms with Crippen LogP contribution in [0.1, 0.15) is 54.0 Å². The van der Waals surface area contributed by atoms with Gasteiger partial charge in [0.05, 0.1) is 18.1 Å². The number of nitrogens with zero attached hydrogens (tertiary/aromatic N) is 4. The Balaban J connectivity index is 1.86. The minimum atomic E-state index is -0.692. The molecule has 3 heterocycles. The van der Waals surface area contributed by atoms with Crippen molar-refractivity contribution in [1.82, 2.24) is 19.9 Å². The van der Waals surface area contributed by atoms with E-state index in [1.54, 1.807) is 39.1 Å². The molecule has 146 valence electrons. The van der Waals surface area contributed by atoms with Crippen molar-refractivity contribution in [3.63, 3.8) is 0 Å². The molecule has 0 amide bonds. The van der Waals surface area contributed by atoms with Crippen LogP contribution in [0.4, 0.5) is 13.2 Å². The summed E-state index contributed by atoms with van der Waals surface area (Å²) in [6, 6.07) is 3.29. The lowest BCUT2D eigenvalue weighted by atomic mass is 9.92. The molecule has 0 N–H and O–H groups in total. The highest BCUT2D eigenvalue weighted by atomic mass is 19.1. The van der Waals surface area contributed by atoms with E-state index in [9.17, 15) is 8.78 Å². The Morgan fingerprint density at radius 3 is 2.39 bits per heavy atom. The largest absolute Gasteiger partial charge is 0.262 e. The third-order valence-electron chi connectivity index (χ3n) is 4.76. The highest BCUT2D eigenvalue weighted by Crippen LogP contribution is 2.29. The van der Waals surface area contributed by atoms with E-state index in [2.05, 4.69) is 19.9 Å². The summed E-state index contributed by atoms with van der Waals surface area (Å²) in [5, 5.41) is 0. The van der Waals surface area contributed by atoms with Crippen molar-refractivity contribution in [3.05, 3.63) is 82.7 Å². The quantitative estimate of drug-likeness (QED) is 0.617. The van der Waals surface area contributed by atoms with Crippen LogP contribution in [0.5, 0.6) is 0 Å². The van der Waals surface area contributed by atoms with E-state index < -0.39 is 23.4 Å². The van der Waals surface area contributed by atoms with E-state index in [-0.39, 0.29) is 23.6 Å². The standard InChI is InChI=1S/C21H21F3N4/c1-12(16-5-6-25-10-17(16)22)9-19-21(24)20(18(23)11-27-19)13(2)8-15-4-7-26-14(3)28-15/h4-7,10-13H,8-9H2,1-3H3. The van der Waals surface area contributed by atoms with Crippen LogP contribution >= 0.6 is 0 Å². The summed E-state index contributed by atoms with van der Waals surface area (Å²) in [6.07, 6.45) is 5.79. The maximum absolute atomic E-state index is 15.1. The maximum atomic E-state index is 15.1. The van der Waals surface area contributed by atoms with Gasteiger partial charge in [-0.3, -0.25) is 9.97 Å². The van der Waals surface area contributed by atoms with E-state index in [1.165, 1.54) is 6.20 Å². The molecule has 2 unspecified atom stereocenters. The Labute approximate surface area is 161 Å². The molecule has 0 aliphatic heterocycles. The smallest absolute Gasteiger partial charge is 0.151 e. The van der Waals surface area contributed by atoms with Gasteiger partial charge >= 0.3 is 0 Å². The molecule has 0 radical (unpaired) electrons. The van der Waals surface area contributed by atoms with Gasteiger partial charge in [-0.1, -0.05) is 13.8 Å². The van der Waals surface area contributed by atoms with Crippen molar-refractivity contribution in [1.29, 1.82) is 0 Å². The van der Waals surface area contributed by atoms with Gasteiger partial charge in [-0.05, 0) is 49.3 Å². The fourth-order valence-electron chi connectivity index (χ4n) is 3.34. The van der Waals surface area contributed by atoms with E-state index in [0.29, 0.717) is 23.5 Å². The summed E-state index contributed by atoms with van der Waals surface area (Å²) < 4.78 is 43.4. The lowest BCUT2D eigenvalue weighted by Crippen LogP contribution is -2.12. The topological polar surface area (TPSA) is 51.6 Å². The summed E-state index contributed by atoms with van der Waals surface area (Å²) in [4.78, 5) is 16.0. The second kappa shape index (κ2) is 8.46. The molecule has 4 nitrogen and oxygen atoms in total. The Morgan fingerprint density at radius 2 is 1.68 bits per heavy atom. The zero-order valence-electron chi connectivity index (χ0n) is 16.0. The SMILES string of the molecule is Cc1nccc(CC(C)c2c(F)cnc(CC(C)c3ccncc3F)c2F)n1. The molecule has 7 heteroatoms. The Kier molecular flexibility index (Phi) is 6.02. The van der Waals surface area contributed by atoms with E-state index in [4.69, 9.17) is 0 Å². The summed E-state index contributed by atoms with van der Waals surface area (Å²) in [7, 11) is 0. The van der Waals surface area contributed by atoms with Gasteiger partial charge in [0.2, 0.25) is 0 Å². The molecule has 0 bridgehead atoms. The number of rotatable bonds is 6. The van der Waals surface area contributed by atoms with Crippen molar-refractivity contribution in [2.45, 2.75) is 45.4 Å². The summed E-state index contributed by atoms with van der Waals surface area (Å²) >= 11 is 0. The third-order valence-corrected chi connectivity index (χ3v) is 4.76. The Morgan fingerprint density at radius 1 is 0.893 bits per heavy atom. The van der Waals surface area contributed by atoms with Gasteiger partial charge in [0, 0.05) is 23.7 Å². The van der Waals surface area contributed by atoms with Crippen LogP contribution in [0.2, 0.25) is 0 Å². The van der Waals surface area contributed by atoms with Gasteiger partial charge in [0.25, 0.3) is 0 Å². The molecule has 3 aromatic rings. The summed E-state index contributed by atoms with van der Waals surface area (Å²) in [5.74, 6) is -1.99. The average molecular weight is 386 g/mol. The lowest BCUT2D eigenvalue weighted by molar-refractivity contribution is 0.502. The van der Waals surface area contributed by atoms with Gasteiger partial charge in [0.1, 0.15) is 17.5 Å². The molecule has 0 spiro atoms. The van der Waals surface area contributed by atoms with Crippen molar-refractivity contribution in [2.24, 2.45) is 0 Å². The third kappa shape index (κ3) is 4.35. The monoisotopic (exact) mass is 386 g/mol. The molecule has 0 fully saturated rings. The van der Waals surface area contributed by atoms with Crippen molar-refractivity contribution in [3.8, 4) is 0 Å². The van der Waals surface area contributed by atoms with Gasteiger partial charge < -0.3 is 0 Å². The van der Waals surface area contributed by atoms with Gasteiger partial charge in [-0.2, -0.15) is 0 Å². The first kappa shape index (κ1) is 19.9. The number of aromatic nitrogens is 4. The van der Waals surface area contributed by atoms with E-state index in [0.717, 1.165) is 12.4 Å². The first-order valence-corrected chi connectivity index (χ1v) is 9.07. The maximum Gasteiger partial charge on any atom is 0.151 e. The first-order valence-electron chi connectivity index (χ1n) is 9.07. The first-order chi connectivity index (χ1) is 13.4. The molecule has 0 aromatic carbocycles. The molecule has 28 heavy (non-hydrogen) atoms. The fourth-order valence-corrected chi connectivity index (χ4v) is 3.34. The van der Waals surface area contributed by atoms with Crippen molar-refractivity contribution < 1.29 is 13.2 Å². The predicted octanol–water partition coefficient (Wildman–Crippen LogP) is 4.68. The minimum absolute atomic E-state index is 0.0244. The van der Waals surface area contributed by atoms with E-state index >= 15 is 4.39 Å². The Hall–Kier alpha value is -2.83. The number of hydrogen-bond donors (Lipinski definition) is 0. The molecular weight excluding hydrogens is 365 g/mol. The van der Waals surface area contributed by atoms with Crippen LogP contribution in [-0.4, -0.2) is 19.9 Å². The van der Waals surface area contributed by atoms with Gasteiger partial charge in [-0.25, -0.2) is 23.1 Å². The normalized spacial score (nSPS) is 13.4. The minimum Gasteiger partial charge on any atom is -0.262 e. The highest BCUT2D eigenvalue weighted by molar-refractivity contribution is 5.28. The number of pyridine rings is 2. The molecule has 0 aliphatic carbocycles. The van der Waals surface area contributed by atoms with Crippen molar-refractivity contribution in [2.75, 3.05) is 0 Å². The second-order valence-corrected chi connectivity index (χ2v) is 6.98. The number of aryl methyl sites for hydroxylation is 1. The molecule has 0 aliphatic rings. The van der Waals surface area contributed by atoms with Gasteiger partial charge in [-0.15, -0.1) is 0 Å². The molecule has 0 saturated carbocycles. The predicted molar refractivity (Wildman–Crippen MR) is 99.4 cm³/mol. The number of halogens is 3. The van der Waals surface area contributed by atoms with Crippen LogP contribution in [-0.2, 0) is 12.8 Å². The van der Waals surface area contributed by atoms with Crippen LogP contribution in [0.15, 0.2) is 36.9 Å². The van der Waals surface area contributed by atoms with Gasteiger partial charge in [0.15, 0.2) is 5.82 Å². The second-order valence-electron chi connectivity index (χ2n) is 6.98. The van der Waals surface area contributed by atoms with Crippen LogP contribution in [0.3, 0.4) is 0 Å². The molecule has 0 saturated heterocycles. The van der Waals surface area contributed by atoms with Crippen LogP contribution < -0.4 is 0 Å². The molecule has 3 rings (SSSR count). The summed E-state index contributed by atoms with van der Waals surface area (Å²) in [6.45, 7) is 5.28. The van der Waals surface area contributed by atoms with Crippen molar-refractivity contribution >= 4 is 0 Å². The zero-order valence-corrected chi connectivity index (χ0v) is 16.0. The lowest BCUT2D eigenvalue weighted by Gasteiger charge is -2.17. The Bertz CT molecular complexity index is 978. The fraction of sp³-hybridized carbons (Fsp3) is 0.333. The highest BCUT2D eigenvalue weighted by Gasteiger charge is 2.23. The number of hydrogen-bond acceptors (Lipinski definition) is 4. The summed E-state index contributed by atoms with van der Waals surface area (Å²) in [5.41, 5.74) is 1.23. The van der Waals surface area contributed by atoms with Crippen LogP contribution in [0, 0.1) is 24.4 Å². The van der Waals surface area contributed by atoms with Crippen LogP contribution in [0.25, 0.3) is 0 Å². The molecule has 3 aromatic heterocycles. The average Bonchev–Trinajstić information content (AvgIpc) is 2.64. The van der Waals surface area contributed by atoms with E-state index in [1.807, 2.05) is 0 Å². The zero-order chi connectivity index (χ0) is 20.3. The molecule has 2 atom stereocenters. The molecular formula is C21H21F3N4.